The van der Waals surface area contributed by atoms with Crippen LogP contribution in [0.3, 0.4) is 0 Å². The minimum absolute atomic E-state index is 0. The molecule has 1 aliphatic heterocycles. The highest BCUT2D eigenvalue weighted by Crippen LogP contribution is 2.20. The lowest BCUT2D eigenvalue weighted by molar-refractivity contribution is -0.925. The third-order valence-electron chi connectivity index (χ3n) is 4.20. The monoisotopic (exact) mass is 364 g/mol. The Labute approximate surface area is 126 Å². The van der Waals surface area contributed by atoms with Gasteiger partial charge in [0.1, 0.15) is 5.82 Å². The van der Waals surface area contributed by atoms with Gasteiger partial charge >= 0.3 is 0 Å². The predicted molar refractivity (Wildman–Crippen MR) is 69.7 cm³/mol. The van der Waals surface area contributed by atoms with E-state index in [0.29, 0.717) is 0 Å². The van der Waals surface area contributed by atoms with Crippen LogP contribution in [-0.4, -0.2) is 43.8 Å². The van der Waals surface area contributed by atoms with Crippen molar-refractivity contribution in [2.45, 2.75) is 13.8 Å². The average molecular weight is 364 g/mol. The number of hydrogen-bond donors (Lipinski definition) is 0. The van der Waals surface area contributed by atoms with Gasteiger partial charge in [-0.2, -0.15) is 0 Å². The lowest BCUT2D eigenvalue weighted by Gasteiger charge is -2.44. The summed E-state index contributed by atoms with van der Waals surface area (Å²) in [5, 5.41) is 0. The Bertz CT molecular complexity index is 370. The first-order chi connectivity index (χ1) is 8.19. The molecule has 0 spiro atoms. The van der Waals surface area contributed by atoms with Crippen LogP contribution in [0, 0.1) is 5.82 Å². The second-order valence-corrected chi connectivity index (χ2v) is 4.89. The maximum Gasteiger partial charge on any atom is 0.125 e. The van der Waals surface area contributed by atoms with E-state index in [0.717, 1.165) is 18.8 Å². The van der Waals surface area contributed by atoms with Crippen molar-refractivity contribution in [1.29, 1.82) is 0 Å². The van der Waals surface area contributed by atoms with Gasteiger partial charge in [0.2, 0.25) is 0 Å². The Morgan fingerprint density at radius 3 is 2.28 bits per heavy atom. The number of halogens is 2. The fourth-order valence-electron chi connectivity index (χ4n) is 2.68. The van der Waals surface area contributed by atoms with Crippen LogP contribution >= 0.6 is 0 Å². The molecule has 1 heterocycles. The number of likely N-dealkylation sites (N-methyl/N-ethyl adjacent to an activating group) is 1. The smallest absolute Gasteiger partial charge is 0.125 e. The second-order valence-electron chi connectivity index (χ2n) is 4.89. The molecule has 0 radical (unpaired) electrons. The summed E-state index contributed by atoms with van der Waals surface area (Å²) >= 11 is 0. The fourth-order valence-corrected chi connectivity index (χ4v) is 2.68. The number of piperazine rings is 1. The lowest BCUT2D eigenvalue weighted by Crippen LogP contribution is -3.00. The van der Waals surface area contributed by atoms with Crippen molar-refractivity contribution in [3.63, 3.8) is 0 Å². The first-order valence-corrected chi connectivity index (χ1v) is 6.55. The van der Waals surface area contributed by atoms with Gasteiger partial charge in [0.25, 0.3) is 0 Å². The molecule has 0 aromatic heterocycles. The summed E-state index contributed by atoms with van der Waals surface area (Å²) in [7, 11) is 0. The van der Waals surface area contributed by atoms with Gasteiger partial charge in [-0.3, -0.25) is 0 Å². The molecule has 0 amide bonds. The summed E-state index contributed by atoms with van der Waals surface area (Å²) < 4.78 is 14.4. The SMILES string of the molecule is CC[N+]1(CC)CCN(c2cccc(F)c2)CC1.[I-]. The number of quaternary nitrogens is 1. The molecule has 0 unspecified atom stereocenters. The molecule has 0 N–H and O–H groups in total. The highest BCUT2D eigenvalue weighted by Gasteiger charge is 2.29. The summed E-state index contributed by atoms with van der Waals surface area (Å²) in [6.07, 6.45) is 0. The molecule has 102 valence electrons. The fraction of sp³-hybridized carbons (Fsp3) is 0.571. The first-order valence-electron chi connectivity index (χ1n) is 6.55. The van der Waals surface area contributed by atoms with Gasteiger partial charge < -0.3 is 33.4 Å². The number of hydrogen-bond acceptors (Lipinski definition) is 1. The zero-order valence-corrected chi connectivity index (χ0v) is 13.4. The Morgan fingerprint density at radius 2 is 1.78 bits per heavy atom. The molecule has 1 aromatic carbocycles. The lowest BCUT2D eigenvalue weighted by atomic mass is 10.2. The molecule has 0 saturated carbocycles. The summed E-state index contributed by atoms with van der Waals surface area (Å²) in [6.45, 7) is 11.3. The van der Waals surface area contributed by atoms with E-state index in [1.807, 2.05) is 6.07 Å². The molecule has 0 bridgehead atoms. The van der Waals surface area contributed by atoms with E-state index in [9.17, 15) is 4.39 Å². The van der Waals surface area contributed by atoms with Crippen LogP contribution in [0.5, 0.6) is 0 Å². The van der Waals surface area contributed by atoms with Crippen molar-refractivity contribution in [3.8, 4) is 0 Å². The Morgan fingerprint density at radius 1 is 1.17 bits per heavy atom. The standard InChI is InChI=1S/C14H22FN2.HI/c1-3-17(4-2)10-8-16(9-11-17)14-7-5-6-13(15)12-14;/h5-7,12H,3-4,8-11H2,1-2H3;1H/q+1;/p-1. The van der Waals surface area contributed by atoms with Gasteiger partial charge in [-0.1, -0.05) is 6.07 Å². The van der Waals surface area contributed by atoms with Crippen LogP contribution in [0.1, 0.15) is 13.8 Å². The largest absolute Gasteiger partial charge is 1.00 e. The van der Waals surface area contributed by atoms with Crippen molar-refractivity contribution < 1.29 is 32.9 Å². The first kappa shape index (κ1) is 15.7. The normalized spacial score (nSPS) is 18.3. The molecule has 0 atom stereocenters. The maximum absolute atomic E-state index is 13.2. The zero-order chi connectivity index (χ0) is 12.3. The Hall–Kier alpha value is -0.360. The highest BCUT2D eigenvalue weighted by molar-refractivity contribution is 5.46. The van der Waals surface area contributed by atoms with Crippen LogP contribution in [-0.2, 0) is 0 Å². The molecule has 4 heteroatoms. The quantitative estimate of drug-likeness (QED) is 0.517. The van der Waals surface area contributed by atoms with Crippen molar-refractivity contribution in [2.75, 3.05) is 44.2 Å². The van der Waals surface area contributed by atoms with Gasteiger partial charge in [0, 0.05) is 5.69 Å². The topological polar surface area (TPSA) is 3.24 Å². The summed E-state index contributed by atoms with van der Waals surface area (Å²) in [5.41, 5.74) is 1.02. The van der Waals surface area contributed by atoms with E-state index >= 15 is 0 Å². The van der Waals surface area contributed by atoms with E-state index in [-0.39, 0.29) is 29.8 Å². The highest BCUT2D eigenvalue weighted by atomic mass is 127. The van der Waals surface area contributed by atoms with Crippen molar-refractivity contribution in [3.05, 3.63) is 30.1 Å². The Balaban J connectivity index is 0.00000162. The van der Waals surface area contributed by atoms with Crippen LogP contribution in [0.25, 0.3) is 0 Å². The minimum Gasteiger partial charge on any atom is -1.00 e. The van der Waals surface area contributed by atoms with Gasteiger partial charge in [-0.05, 0) is 32.0 Å². The van der Waals surface area contributed by atoms with Crippen LogP contribution in [0.15, 0.2) is 24.3 Å². The Kier molecular flexibility index (Phi) is 5.85. The molecule has 1 saturated heterocycles. The van der Waals surface area contributed by atoms with E-state index in [1.54, 1.807) is 12.1 Å². The molecule has 1 fully saturated rings. The van der Waals surface area contributed by atoms with Crippen LogP contribution in [0.4, 0.5) is 10.1 Å². The summed E-state index contributed by atoms with van der Waals surface area (Å²) in [4.78, 5) is 2.30. The minimum atomic E-state index is -0.139. The molecule has 18 heavy (non-hydrogen) atoms. The van der Waals surface area contributed by atoms with Gasteiger partial charge in [-0.25, -0.2) is 4.39 Å². The second kappa shape index (κ2) is 6.70. The van der Waals surface area contributed by atoms with Crippen molar-refractivity contribution in [1.82, 2.24) is 0 Å². The van der Waals surface area contributed by atoms with Gasteiger partial charge in [0.05, 0.1) is 39.3 Å². The van der Waals surface area contributed by atoms with Crippen molar-refractivity contribution in [2.24, 2.45) is 0 Å². The molecule has 2 rings (SSSR count). The number of rotatable bonds is 3. The summed E-state index contributed by atoms with van der Waals surface area (Å²) in [6, 6.07) is 6.94. The van der Waals surface area contributed by atoms with E-state index in [2.05, 4.69) is 18.7 Å². The third-order valence-corrected chi connectivity index (χ3v) is 4.20. The number of anilines is 1. The molecule has 2 nitrogen and oxygen atoms in total. The molecular weight excluding hydrogens is 342 g/mol. The van der Waals surface area contributed by atoms with E-state index in [1.165, 1.54) is 36.7 Å². The van der Waals surface area contributed by atoms with Crippen LogP contribution < -0.4 is 28.9 Å². The maximum atomic E-state index is 13.2. The van der Waals surface area contributed by atoms with Crippen molar-refractivity contribution >= 4 is 5.69 Å². The van der Waals surface area contributed by atoms with E-state index < -0.39 is 0 Å². The number of benzene rings is 1. The molecular formula is C14H22FIN2. The molecule has 1 aliphatic rings. The summed E-state index contributed by atoms with van der Waals surface area (Å²) in [5.74, 6) is -0.139. The zero-order valence-electron chi connectivity index (χ0n) is 11.2. The van der Waals surface area contributed by atoms with Gasteiger partial charge in [0.15, 0.2) is 0 Å². The molecule has 1 aromatic rings. The van der Waals surface area contributed by atoms with Crippen LogP contribution in [0.2, 0.25) is 0 Å². The number of nitrogens with zero attached hydrogens (tertiary/aromatic N) is 2. The average Bonchev–Trinajstić information content (AvgIpc) is 2.39. The van der Waals surface area contributed by atoms with Gasteiger partial charge in [-0.15, -0.1) is 0 Å². The predicted octanol–water partition coefficient (Wildman–Crippen LogP) is -0.494. The van der Waals surface area contributed by atoms with E-state index in [4.69, 9.17) is 0 Å². The third kappa shape index (κ3) is 3.35. The molecule has 0 aliphatic carbocycles.